The van der Waals surface area contributed by atoms with Crippen molar-refractivity contribution in [2.45, 2.75) is 19.4 Å². The number of aliphatic hydroxyl groups is 1. The van der Waals surface area contributed by atoms with Gasteiger partial charge in [0.2, 0.25) is 0 Å². The molecule has 1 rings (SSSR count). The number of carbonyl (C=O) groups excluding carboxylic acids is 1. The third-order valence-electron chi connectivity index (χ3n) is 2.42. The highest BCUT2D eigenvalue weighted by Crippen LogP contribution is 2.30. The molecule has 1 aromatic carbocycles. The Morgan fingerprint density at radius 3 is 2.76 bits per heavy atom. The minimum atomic E-state index is -1.23. The summed E-state index contributed by atoms with van der Waals surface area (Å²) in [6, 6.07) is 4.47. The minimum Gasteiger partial charge on any atom is -0.469 e. The lowest BCUT2D eigenvalue weighted by Crippen LogP contribution is -2.11. The summed E-state index contributed by atoms with van der Waals surface area (Å²) in [6.07, 6.45) is -1.54. The van der Waals surface area contributed by atoms with Gasteiger partial charge in [0.05, 0.1) is 30.1 Å². The Kier molecular flexibility index (Phi) is 4.17. The number of nitrogens with zero attached hydrogens (tertiary/aromatic N) is 1. The molecule has 0 bridgehead atoms. The molecule has 0 spiro atoms. The van der Waals surface area contributed by atoms with Crippen molar-refractivity contribution in [2.75, 3.05) is 7.11 Å². The molecule has 1 N–H and O–H groups in total. The van der Waals surface area contributed by atoms with Crippen LogP contribution < -0.4 is 0 Å². The molecule has 1 aromatic rings. The second-order valence-corrected chi connectivity index (χ2v) is 3.56. The number of carbonyl (C=O) groups is 1. The van der Waals surface area contributed by atoms with Gasteiger partial charge in [-0.15, -0.1) is 0 Å². The van der Waals surface area contributed by atoms with Crippen molar-refractivity contribution in [1.82, 2.24) is 0 Å². The van der Waals surface area contributed by atoms with E-state index in [1.165, 1.54) is 19.2 Å². The van der Waals surface area contributed by atoms with Crippen molar-refractivity contribution in [3.8, 4) is 0 Å². The van der Waals surface area contributed by atoms with Crippen LogP contribution in [0, 0.1) is 17.0 Å². The molecule has 0 aromatic heterocycles. The Balaban J connectivity index is 3.11. The van der Waals surface area contributed by atoms with Gasteiger partial charge in [0, 0.05) is 6.07 Å². The van der Waals surface area contributed by atoms with E-state index in [1.54, 1.807) is 13.0 Å². The fraction of sp³-hybridized carbons (Fsp3) is 0.364. The second-order valence-electron chi connectivity index (χ2n) is 3.56. The van der Waals surface area contributed by atoms with Crippen LogP contribution in [0.4, 0.5) is 5.69 Å². The van der Waals surface area contributed by atoms with Gasteiger partial charge in [0.15, 0.2) is 0 Å². The number of aliphatic hydroxyl groups excluding tert-OH is 1. The first kappa shape index (κ1) is 13.1. The van der Waals surface area contributed by atoms with Crippen LogP contribution in [0.15, 0.2) is 18.2 Å². The van der Waals surface area contributed by atoms with Gasteiger partial charge in [-0.1, -0.05) is 12.1 Å². The van der Waals surface area contributed by atoms with Crippen molar-refractivity contribution in [3.63, 3.8) is 0 Å². The maximum Gasteiger partial charge on any atom is 0.308 e. The molecule has 17 heavy (non-hydrogen) atoms. The lowest BCUT2D eigenvalue weighted by molar-refractivity contribution is -0.386. The fourth-order valence-corrected chi connectivity index (χ4v) is 1.60. The number of hydrogen-bond donors (Lipinski definition) is 1. The molecular formula is C11H13NO5. The molecule has 0 amide bonds. The molecule has 0 aliphatic rings. The van der Waals surface area contributed by atoms with E-state index in [2.05, 4.69) is 4.74 Å². The molecule has 6 nitrogen and oxygen atoms in total. The molecule has 92 valence electrons. The molecule has 0 fully saturated rings. The standard InChI is InChI=1S/C11H13NO5/c1-7-4-3-5-8(12(15)16)11(7)9(13)6-10(14)17-2/h3-5,9,13H,6H2,1-2H3. The van der Waals surface area contributed by atoms with Crippen LogP contribution in [0.1, 0.15) is 23.7 Å². The summed E-state index contributed by atoms with van der Waals surface area (Å²) in [7, 11) is 1.20. The number of methoxy groups -OCH3 is 1. The van der Waals surface area contributed by atoms with Crippen LogP contribution in [0.3, 0.4) is 0 Å². The number of aryl methyl sites for hydroxylation is 1. The van der Waals surface area contributed by atoms with Gasteiger partial charge in [0.25, 0.3) is 5.69 Å². The molecule has 0 aliphatic carbocycles. The molecule has 6 heteroatoms. The Labute approximate surface area is 98.0 Å². The van der Waals surface area contributed by atoms with Gasteiger partial charge >= 0.3 is 5.97 Å². The zero-order valence-corrected chi connectivity index (χ0v) is 9.54. The number of nitro groups is 1. The largest absolute Gasteiger partial charge is 0.469 e. The summed E-state index contributed by atoms with van der Waals surface area (Å²) >= 11 is 0. The van der Waals surface area contributed by atoms with Crippen molar-refractivity contribution in [1.29, 1.82) is 0 Å². The molecule has 0 heterocycles. The lowest BCUT2D eigenvalue weighted by atomic mass is 9.99. The average molecular weight is 239 g/mol. The third kappa shape index (κ3) is 3.01. The molecule has 1 unspecified atom stereocenters. The number of hydrogen-bond acceptors (Lipinski definition) is 5. The van der Waals surface area contributed by atoms with Gasteiger partial charge < -0.3 is 9.84 Å². The van der Waals surface area contributed by atoms with E-state index in [9.17, 15) is 20.0 Å². The smallest absolute Gasteiger partial charge is 0.308 e. The zero-order valence-electron chi connectivity index (χ0n) is 9.54. The normalized spacial score (nSPS) is 11.9. The summed E-state index contributed by atoms with van der Waals surface area (Å²) < 4.78 is 4.41. The molecule has 1 atom stereocenters. The number of esters is 1. The minimum absolute atomic E-state index is 0.155. The molecule has 0 aliphatic heterocycles. The Bertz CT molecular complexity index is 443. The highest BCUT2D eigenvalue weighted by Gasteiger charge is 2.24. The summed E-state index contributed by atoms with van der Waals surface area (Å²) in [4.78, 5) is 21.3. The van der Waals surface area contributed by atoms with Gasteiger partial charge in [0.1, 0.15) is 0 Å². The van der Waals surface area contributed by atoms with Gasteiger partial charge in [-0.25, -0.2) is 0 Å². The average Bonchev–Trinajstić information content (AvgIpc) is 2.28. The van der Waals surface area contributed by atoms with Crippen molar-refractivity contribution >= 4 is 11.7 Å². The zero-order chi connectivity index (χ0) is 13.0. The van der Waals surface area contributed by atoms with Gasteiger partial charge in [-0.05, 0) is 12.5 Å². The fourth-order valence-electron chi connectivity index (χ4n) is 1.60. The first-order valence-corrected chi connectivity index (χ1v) is 4.96. The quantitative estimate of drug-likeness (QED) is 0.488. The summed E-state index contributed by atoms with van der Waals surface area (Å²) in [5.41, 5.74) is 0.528. The Morgan fingerprint density at radius 1 is 1.59 bits per heavy atom. The highest BCUT2D eigenvalue weighted by molar-refractivity contribution is 5.70. The maximum atomic E-state index is 11.0. The first-order chi connectivity index (χ1) is 7.97. The summed E-state index contributed by atoms with van der Waals surface area (Å²) in [5.74, 6) is -0.616. The Morgan fingerprint density at radius 2 is 2.24 bits per heavy atom. The lowest BCUT2D eigenvalue weighted by Gasteiger charge is -2.12. The number of ether oxygens (including phenoxy) is 1. The predicted molar refractivity (Wildman–Crippen MR) is 59.4 cm³/mol. The van der Waals surface area contributed by atoms with Crippen molar-refractivity contribution in [2.24, 2.45) is 0 Å². The SMILES string of the molecule is COC(=O)CC(O)c1c(C)cccc1[N+](=O)[O-]. The van der Waals surface area contributed by atoms with E-state index in [-0.39, 0.29) is 17.7 Å². The van der Waals surface area contributed by atoms with E-state index >= 15 is 0 Å². The van der Waals surface area contributed by atoms with E-state index in [0.29, 0.717) is 5.56 Å². The first-order valence-electron chi connectivity index (χ1n) is 4.96. The highest BCUT2D eigenvalue weighted by atomic mass is 16.6. The molecule has 0 radical (unpaired) electrons. The molecular weight excluding hydrogens is 226 g/mol. The topological polar surface area (TPSA) is 89.7 Å². The Hall–Kier alpha value is -1.95. The third-order valence-corrected chi connectivity index (χ3v) is 2.42. The molecule has 0 saturated carbocycles. The number of rotatable bonds is 4. The van der Waals surface area contributed by atoms with Crippen molar-refractivity contribution in [3.05, 3.63) is 39.4 Å². The van der Waals surface area contributed by atoms with Gasteiger partial charge in [-0.3, -0.25) is 14.9 Å². The van der Waals surface area contributed by atoms with Crippen LogP contribution in [0.2, 0.25) is 0 Å². The summed E-state index contributed by atoms with van der Waals surface area (Å²) in [5, 5.41) is 20.6. The second kappa shape index (κ2) is 5.40. The van der Waals surface area contributed by atoms with E-state index < -0.39 is 17.0 Å². The molecule has 0 saturated heterocycles. The van der Waals surface area contributed by atoms with Crippen molar-refractivity contribution < 1.29 is 19.6 Å². The van der Waals surface area contributed by atoms with Crippen LogP contribution in [0.25, 0.3) is 0 Å². The van der Waals surface area contributed by atoms with Crippen LogP contribution in [0.5, 0.6) is 0 Å². The van der Waals surface area contributed by atoms with Crippen LogP contribution in [-0.2, 0) is 9.53 Å². The van der Waals surface area contributed by atoms with Gasteiger partial charge in [-0.2, -0.15) is 0 Å². The van der Waals surface area contributed by atoms with Crippen LogP contribution in [-0.4, -0.2) is 23.1 Å². The van der Waals surface area contributed by atoms with E-state index in [0.717, 1.165) is 0 Å². The van der Waals surface area contributed by atoms with E-state index in [1.807, 2.05) is 0 Å². The van der Waals surface area contributed by atoms with E-state index in [4.69, 9.17) is 0 Å². The predicted octanol–water partition coefficient (Wildman–Crippen LogP) is 1.50. The maximum absolute atomic E-state index is 11.0. The monoisotopic (exact) mass is 239 g/mol. The van der Waals surface area contributed by atoms with Crippen LogP contribution >= 0.6 is 0 Å². The summed E-state index contributed by atoms with van der Waals surface area (Å²) in [6.45, 7) is 1.64. The number of nitro benzene ring substituents is 1. The number of benzene rings is 1.